The highest BCUT2D eigenvalue weighted by molar-refractivity contribution is 6.74. The summed E-state index contributed by atoms with van der Waals surface area (Å²) < 4.78 is 11.6. The average Bonchev–Trinajstić information content (AvgIpc) is 2.32. The van der Waals surface area contributed by atoms with Gasteiger partial charge in [-0.1, -0.05) is 20.8 Å². The van der Waals surface area contributed by atoms with Gasteiger partial charge in [0.25, 0.3) is 0 Å². The normalized spacial score (nSPS) is 14.4. The third kappa shape index (κ3) is 9.64. The average molecular weight is 361 g/mol. The van der Waals surface area contributed by atoms with Gasteiger partial charge in [0, 0.05) is 25.7 Å². The first-order valence-corrected chi connectivity index (χ1v) is 11.9. The van der Waals surface area contributed by atoms with E-state index in [4.69, 9.17) is 14.9 Å². The van der Waals surface area contributed by atoms with Crippen LogP contribution >= 0.6 is 0 Å². The van der Waals surface area contributed by atoms with Crippen LogP contribution in [0.5, 0.6) is 0 Å². The Balaban J connectivity index is 4.37. The lowest BCUT2D eigenvalue weighted by molar-refractivity contribution is 0.0236. The highest BCUT2D eigenvalue weighted by Gasteiger charge is 2.36. The molecule has 0 aromatic carbocycles. The van der Waals surface area contributed by atoms with Crippen LogP contribution in [-0.4, -0.2) is 50.6 Å². The number of unbranched alkanes of at least 4 members (excludes halogenated alkanes) is 1. The number of hydrogen-bond acceptors (Lipinski definition) is 4. The van der Waals surface area contributed by atoms with Gasteiger partial charge in [0.15, 0.2) is 8.32 Å². The summed E-state index contributed by atoms with van der Waals surface area (Å²) in [5.41, 5.74) is 5.37. The molecule has 0 aliphatic rings. The number of nitrogens with zero attached hydrogens (tertiary/aromatic N) is 1. The van der Waals surface area contributed by atoms with Crippen molar-refractivity contribution in [3.63, 3.8) is 0 Å². The fourth-order valence-corrected chi connectivity index (χ4v) is 2.97. The molecule has 0 aliphatic carbocycles. The third-order valence-electron chi connectivity index (χ3n) is 4.25. The zero-order chi connectivity index (χ0) is 19.2. The molecule has 0 spiro atoms. The molecule has 1 atom stereocenters. The number of rotatable bonds is 8. The minimum Gasteiger partial charge on any atom is -0.444 e. The molecule has 0 saturated carbocycles. The second-order valence-electron chi connectivity index (χ2n) is 9.22. The van der Waals surface area contributed by atoms with Crippen LogP contribution < -0.4 is 5.73 Å². The number of carbonyl (C=O) groups excluding carboxylic acids is 1. The van der Waals surface area contributed by atoms with Crippen molar-refractivity contribution < 1.29 is 14.0 Å². The van der Waals surface area contributed by atoms with Gasteiger partial charge >= 0.3 is 6.09 Å². The van der Waals surface area contributed by atoms with E-state index < -0.39 is 13.9 Å². The smallest absolute Gasteiger partial charge is 0.410 e. The highest BCUT2D eigenvalue weighted by Crippen LogP contribution is 2.36. The summed E-state index contributed by atoms with van der Waals surface area (Å²) in [6, 6.07) is -0.0685. The predicted molar refractivity (Wildman–Crippen MR) is 104 cm³/mol. The Bertz CT molecular complexity index is 385. The zero-order valence-corrected chi connectivity index (χ0v) is 18.4. The second kappa shape index (κ2) is 9.20. The molecule has 0 unspecified atom stereocenters. The molecule has 0 rings (SSSR count). The molecule has 6 heteroatoms. The molecule has 0 saturated heterocycles. The van der Waals surface area contributed by atoms with Crippen molar-refractivity contribution in [3.8, 4) is 0 Å². The van der Waals surface area contributed by atoms with Gasteiger partial charge in [-0.05, 0) is 58.7 Å². The number of hydrogen-bond donors (Lipinski definition) is 1. The lowest BCUT2D eigenvalue weighted by atomic mass is 10.2. The topological polar surface area (TPSA) is 64.8 Å². The molecule has 24 heavy (non-hydrogen) atoms. The van der Waals surface area contributed by atoms with Crippen LogP contribution in [0.4, 0.5) is 4.79 Å². The van der Waals surface area contributed by atoms with Crippen molar-refractivity contribution >= 4 is 14.4 Å². The molecule has 0 bridgehead atoms. The van der Waals surface area contributed by atoms with Gasteiger partial charge in [0.2, 0.25) is 0 Å². The molecule has 2 N–H and O–H groups in total. The molecular formula is C18H40N2O3Si. The van der Waals surface area contributed by atoms with Gasteiger partial charge in [-0.3, -0.25) is 0 Å². The molecule has 0 radical (unpaired) electrons. The van der Waals surface area contributed by atoms with Gasteiger partial charge < -0.3 is 19.8 Å². The van der Waals surface area contributed by atoms with Crippen molar-refractivity contribution in [1.82, 2.24) is 4.90 Å². The van der Waals surface area contributed by atoms with Gasteiger partial charge in [0.05, 0.1) is 0 Å². The van der Waals surface area contributed by atoms with Crippen molar-refractivity contribution in [1.29, 1.82) is 0 Å². The first-order valence-electron chi connectivity index (χ1n) is 9.03. The Morgan fingerprint density at radius 3 is 2.08 bits per heavy atom. The largest absolute Gasteiger partial charge is 0.444 e. The first-order chi connectivity index (χ1) is 10.7. The number of nitrogens with two attached hydrogens (primary N) is 1. The summed E-state index contributed by atoms with van der Waals surface area (Å²) >= 11 is 0. The zero-order valence-electron chi connectivity index (χ0n) is 17.4. The maximum Gasteiger partial charge on any atom is 0.410 e. The van der Waals surface area contributed by atoms with Gasteiger partial charge in [-0.25, -0.2) is 4.79 Å². The van der Waals surface area contributed by atoms with E-state index in [1.165, 1.54) is 0 Å². The summed E-state index contributed by atoms with van der Waals surface area (Å²) in [5.74, 6) is 0. The maximum absolute atomic E-state index is 12.3. The van der Waals surface area contributed by atoms with E-state index in [1.807, 2.05) is 27.7 Å². The van der Waals surface area contributed by atoms with Gasteiger partial charge in [-0.2, -0.15) is 0 Å². The Hall–Kier alpha value is -0.593. The van der Waals surface area contributed by atoms with E-state index in [2.05, 4.69) is 33.9 Å². The van der Waals surface area contributed by atoms with Crippen molar-refractivity contribution in [3.05, 3.63) is 0 Å². The van der Waals surface area contributed by atoms with Crippen LogP contribution in [0.1, 0.15) is 61.3 Å². The third-order valence-corrected chi connectivity index (χ3v) is 8.79. The van der Waals surface area contributed by atoms with Crippen molar-refractivity contribution in [2.24, 2.45) is 5.73 Å². The molecule has 0 heterocycles. The van der Waals surface area contributed by atoms with E-state index in [1.54, 1.807) is 4.90 Å². The monoisotopic (exact) mass is 360 g/mol. The quantitative estimate of drug-likeness (QED) is 0.515. The highest BCUT2D eigenvalue weighted by atomic mass is 28.4. The van der Waals surface area contributed by atoms with Crippen LogP contribution in [-0.2, 0) is 9.16 Å². The van der Waals surface area contributed by atoms with Crippen molar-refractivity contribution in [2.75, 3.05) is 19.7 Å². The van der Waals surface area contributed by atoms with E-state index >= 15 is 0 Å². The molecule has 5 nitrogen and oxygen atoms in total. The first kappa shape index (κ1) is 23.4. The molecular weight excluding hydrogens is 320 g/mol. The minimum absolute atomic E-state index is 0.0685. The maximum atomic E-state index is 12.3. The molecule has 0 aliphatic heterocycles. The summed E-state index contributed by atoms with van der Waals surface area (Å²) in [6.45, 7) is 20.7. The van der Waals surface area contributed by atoms with E-state index in [9.17, 15) is 4.79 Å². The Kier molecular flexibility index (Phi) is 8.97. The van der Waals surface area contributed by atoms with Crippen LogP contribution in [0.2, 0.25) is 18.1 Å². The van der Waals surface area contributed by atoms with Crippen LogP contribution in [0.3, 0.4) is 0 Å². The summed E-state index contributed by atoms with van der Waals surface area (Å²) in [7, 11) is -1.69. The van der Waals surface area contributed by atoms with Crippen LogP contribution in [0.25, 0.3) is 0 Å². The van der Waals surface area contributed by atoms with E-state index in [0.29, 0.717) is 13.1 Å². The number of ether oxygens (including phenoxy) is 1. The molecule has 1 amide bonds. The predicted octanol–water partition coefficient (Wildman–Crippen LogP) is 4.37. The van der Waals surface area contributed by atoms with Gasteiger partial charge in [0.1, 0.15) is 5.60 Å². The van der Waals surface area contributed by atoms with Crippen LogP contribution in [0.15, 0.2) is 0 Å². The van der Waals surface area contributed by atoms with Crippen LogP contribution in [0, 0.1) is 0 Å². The summed E-state index contributed by atoms with van der Waals surface area (Å²) in [5, 5.41) is 0.227. The summed E-state index contributed by atoms with van der Waals surface area (Å²) in [4.78, 5) is 14.0. The molecule has 0 aromatic heterocycles. The standard InChI is InChI=1S/C18H40N2O3Si/c1-15(19)14-20(16(21)23-17(2,3)4)12-10-11-13-22-24(8,9)18(5,6)7/h15H,10-14,19H2,1-9H3/t15-/m1/s1. The molecule has 0 fully saturated rings. The molecule has 144 valence electrons. The second-order valence-corrected chi connectivity index (χ2v) is 14.0. The number of carbonyl (C=O) groups is 1. The van der Waals surface area contributed by atoms with E-state index in [-0.39, 0.29) is 17.2 Å². The summed E-state index contributed by atoms with van der Waals surface area (Å²) in [6.07, 6.45) is 1.54. The lowest BCUT2D eigenvalue weighted by Crippen LogP contribution is -2.43. The van der Waals surface area contributed by atoms with Gasteiger partial charge in [-0.15, -0.1) is 0 Å². The Labute approximate surface area is 150 Å². The molecule has 0 aromatic rings. The SMILES string of the molecule is C[C@@H](N)CN(CCCCO[Si](C)(C)C(C)(C)C)C(=O)OC(C)(C)C. The lowest BCUT2D eigenvalue weighted by Gasteiger charge is -2.36. The Morgan fingerprint density at radius 2 is 1.67 bits per heavy atom. The van der Waals surface area contributed by atoms with Crippen molar-refractivity contribution in [2.45, 2.75) is 91.1 Å². The minimum atomic E-state index is -1.69. The number of amides is 1. The fourth-order valence-electron chi connectivity index (χ4n) is 1.88. The fraction of sp³-hybridized carbons (Fsp3) is 0.944. The van der Waals surface area contributed by atoms with E-state index in [0.717, 1.165) is 19.4 Å². The Morgan fingerprint density at radius 1 is 1.12 bits per heavy atom.